The lowest BCUT2D eigenvalue weighted by Crippen LogP contribution is -2.40. The van der Waals surface area contributed by atoms with Crippen molar-refractivity contribution in [3.05, 3.63) is 71.3 Å². The molecule has 0 aliphatic heterocycles. The molecule has 23 heavy (non-hydrogen) atoms. The number of aryl methyl sites for hydroxylation is 1. The highest BCUT2D eigenvalue weighted by Gasteiger charge is 2.13. The van der Waals surface area contributed by atoms with E-state index in [0.717, 1.165) is 17.5 Å². The van der Waals surface area contributed by atoms with Crippen molar-refractivity contribution in [2.75, 3.05) is 13.2 Å². The van der Waals surface area contributed by atoms with E-state index in [2.05, 4.69) is 18.3 Å². The zero-order valence-electron chi connectivity index (χ0n) is 13.5. The average Bonchev–Trinajstić information content (AvgIpc) is 2.60. The van der Waals surface area contributed by atoms with Crippen LogP contribution in [0.2, 0.25) is 0 Å². The Morgan fingerprint density at radius 1 is 1.04 bits per heavy atom. The Bertz CT molecular complexity index is 614. The van der Waals surface area contributed by atoms with Crippen molar-refractivity contribution >= 4 is 6.03 Å². The van der Waals surface area contributed by atoms with Crippen LogP contribution in [0.4, 0.5) is 4.79 Å². The van der Waals surface area contributed by atoms with Crippen molar-refractivity contribution in [2.45, 2.75) is 26.4 Å². The van der Waals surface area contributed by atoms with E-state index in [-0.39, 0.29) is 12.6 Å². The summed E-state index contributed by atoms with van der Waals surface area (Å²) in [7, 11) is 0. The van der Waals surface area contributed by atoms with Gasteiger partial charge in [-0.2, -0.15) is 0 Å². The SMILES string of the molecule is CCc1ccccc1CNC(=O)N(CCO)Cc1ccccc1. The van der Waals surface area contributed by atoms with Crippen LogP contribution in [-0.2, 0) is 19.5 Å². The molecule has 0 bridgehead atoms. The standard InChI is InChI=1S/C19H24N2O2/c1-2-17-10-6-7-11-18(17)14-20-19(23)21(12-13-22)15-16-8-4-3-5-9-16/h3-11,22H,2,12-15H2,1H3,(H,20,23). The Morgan fingerprint density at radius 2 is 1.70 bits per heavy atom. The van der Waals surface area contributed by atoms with E-state index in [1.54, 1.807) is 4.90 Å². The largest absolute Gasteiger partial charge is 0.395 e. The molecular weight excluding hydrogens is 288 g/mol. The van der Waals surface area contributed by atoms with Gasteiger partial charge in [0.05, 0.1) is 6.61 Å². The van der Waals surface area contributed by atoms with Gasteiger partial charge in [0.15, 0.2) is 0 Å². The minimum Gasteiger partial charge on any atom is -0.395 e. The Morgan fingerprint density at radius 3 is 2.35 bits per heavy atom. The average molecular weight is 312 g/mol. The summed E-state index contributed by atoms with van der Waals surface area (Å²) >= 11 is 0. The maximum atomic E-state index is 12.4. The second kappa shape index (κ2) is 8.96. The Hall–Kier alpha value is -2.33. The van der Waals surface area contributed by atoms with Crippen LogP contribution >= 0.6 is 0 Å². The van der Waals surface area contributed by atoms with E-state index < -0.39 is 0 Å². The summed E-state index contributed by atoms with van der Waals surface area (Å²) in [5.41, 5.74) is 3.42. The molecule has 2 amide bonds. The number of rotatable bonds is 7. The summed E-state index contributed by atoms with van der Waals surface area (Å²) < 4.78 is 0. The van der Waals surface area contributed by atoms with E-state index in [1.165, 1.54) is 5.56 Å². The lowest BCUT2D eigenvalue weighted by atomic mass is 10.1. The van der Waals surface area contributed by atoms with E-state index >= 15 is 0 Å². The van der Waals surface area contributed by atoms with E-state index in [9.17, 15) is 9.90 Å². The topological polar surface area (TPSA) is 52.6 Å². The number of urea groups is 1. The lowest BCUT2D eigenvalue weighted by Gasteiger charge is -2.22. The zero-order chi connectivity index (χ0) is 16.5. The maximum Gasteiger partial charge on any atom is 0.318 e. The van der Waals surface area contributed by atoms with Crippen LogP contribution in [0.5, 0.6) is 0 Å². The van der Waals surface area contributed by atoms with Crippen molar-refractivity contribution in [3.8, 4) is 0 Å². The molecule has 2 aromatic rings. The van der Waals surface area contributed by atoms with Gasteiger partial charge in [-0.3, -0.25) is 0 Å². The molecule has 0 fully saturated rings. The van der Waals surface area contributed by atoms with Crippen LogP contribution in [0.1, 0.15) is 23.6 Å². The monoisotopic (exact) mass is 312 g/mol. The number of hydrogen-bond donors (Lipinski definition) is 2. The number of carbonyl (C=O) groups excluding carboxylic acids is 1. The first kappa shape index (κ1) is 17.0. The molecule has 0 atom stereocenters. The molecule has 0 radical (unpaired) electrons. The Balaban J connectivity index is 1.98. The van der Waals surface area contributed by atoms with Crippen molar-refractivity contribution < 1.29 is 9.90 Å². The summed E-state index contributed by atoms with van der Waals surface area (Å²) in [4.78, 5) is 14.0. The molecule has 2 aromatic carbocycles. The van der Waals surface area contributed by atoms with Gasteiger partial charge < -0.3 is 15.3 Å². The van der Waals surface area contributed by atoms with E-state index in [0.29, 0.717) is 19.6 Å². The van der Waals surface area contributed by atoms with Gasteiger partial charge in [-0.25, -0.2) is 4.79 Å². The summed E-state index contributed by atoms with van der Waals surface area (Å²) in [5, 5.41) is 12.2. The molecule has 122 valence electrons. The minimum atomic E-state index is -0.159. The predicted molar refractivity (Wildman–Crippen MR) is 92.0 cm³/mol. The van der Waals surface area contributed by atoms with Crippen molar-refractivity contribution in [3.63, 3.8) is 0 Å². The summed E-state index contributed by atoms with van der Waals surface area (Å²) in [6, 6.07) is 17.7. The van der Waals surface area contributed by atoms with E-state index in [4.69, 9.17) is 0 Å². The molecule has 0 spiro atoms. The van der Waals surface area contributed by atoms with Gasteiger partial charge >= 0.3 is 6.03 Å². The molecule has 4 nitrogen and oxygen atoms in total. The van der Waals surface area contributed by atoms with Crippen LogP contribution < -0.4 is 5.32 Å². The number of aliphatic hydroxyl groups excluding tert-OH is 1. The fourth-order valence-corrected chi connectivity index (χ4v) is 2.53. The van der Waals surface area contributed by atoms with E-state index in [1.807, 2.05) is 48.5 Å². The van der Waals surface area contributed by atoms with Crippen LogP contribution in [0.3, 0.4) is 0 Å². The van der Waals surface area contributed by atoms with Gasteiger partial charge in [0.25, 0.3) is 0 Å². The molecule has 0 heterocycles. The second-order valence-electron chi connectivity index (χ2n) is 5.41. The normalized spacial score (nSPS) is 10.3. The molecule has 0 unspecified atom stereocenters. The van der Waals surface area contributed by atoms with Gasteiger partial charge in [0.1, 0.15) is 0 Å². The minimum absolute atomic E-state index is 0.0498. The summed E-state index contributed by atoms with van der Waals surface area (Å²) in [5.74, 6) is 0. The first-order valence-corrected chi connectivity index (χ1v) is 7.99. The number of nitrogens with zero attached hydrogens (tertiary/aromatic N) is 1. The van der Waals surface area contributed by atoms with Crippen LogP contribution in [0.15, 0.2) is 54.6 Å². The fourth-order valence-electron chi connectivity index (χ4n) is 2.53. The second-order valence-corrected chi connectivity index (χ2v) is 5.41. The molecular formula is C19H24N2O2. The van der Waals surface area contributed by atoms with Crippen molar-refractivity contribution in [1.29, 1.82) is 0 Å². The highest BCUT2D eigenvalue weighted by atomic mass is 16.3. The molecule has 0 aromatic heterocycles. The zero-order valence-corrected chi connectivity index (χ0v) is 13.5. The molecule has 0 saturated heterocycles. The van der Waals surface area contributed by atoms with Gasteiger partial charge in [-0.15, -0.1) is 0 Å². The molecule has 4 heteroatoms. The molecule has 2 N–H and O–H groups in total. The third kappa shape index (κ3) is 5.11. The first-order chi connectivity index (χ1) is 11.2. The number of benzene rings is 2. The number of carbonyl (C=O) groups is 1. The highest BCUT2D eigenvalue weighted by molar-refractivity contribution is 5.74. The molecule has 0 aliphatic carbocycles. The van der Waals surface area contributed by atoms with Crippen LogP contribution in [0.25, 0.3) is 0 Å². The Kier molecular flexibility index (Phi) is 6.63. The first-order valence-electron chi connectivity index (χ1n) is 7.99. The van der Waals surface area contributed by atoms with Gasteiger partial charge in [0, 0.05) is 19.6 Å². The van der Waals surface area contributed by atoms with Gasteiger partial charge in [-0.05, 0) is 23.1 Å². The number of hydrogen-bond acceptors (Lipinski definition) is 2. The predicted octanol–water partition coefficient (Wildman–Crippen LogP) is 2.95. The molecule has 0 aliphatic rings. The summed E-state index contributed by atoms with van der Waals surface area (Å²) in [6.07, 6.45) is 0.941. The fraction of sp³-hybridized carbons (Fsp3) is 0.316. The number of aliphatic hydroxyl groups is 1. The van der Waals surface area contributed by atoms with Crippen molar-refractivity contribution in [2.24, 2.45) is 0 Å². The Labute approximate surface area is 137 Å². The third-order valence-electron chi connectivity index (χ3n) is 3.80. The van der Waals surface area contributed by atoms with Gasteiger partial charge in [-0.1, -0.05) is 61.5 Å². The third-order valence-corrected chi connectivity index (χ3v) is 3.80. The highest BCUT2D eigenvalue weighted by Crippen LogP contribution is 2.10. The van der Waals surface area contributed by atoms with Crippen LogP contribution in [0, 0.1) is 0 Å². The molecule has 2 rings (SSSR count). The summed E-state index contributed by atoms with van der Waals surface area (Å²) in [6.45, 7) is 3.36. The quantitative estimate of drug-likeness (QED) is 0.826. The maximum absolute atomic E-state index is 12.4. The van der Waals surface area contributed by atoms with Gasteiger partial charge in [0.2, 0.25) is 0 Å². The molecule has 0 saturated carbocycles. The number of amides is 2. The van der Waals surface area contributed by atoms with Crippen molar-refractivity contribution in [1.82, 2.24) is 10.2 Å². The lowest BCUT2D eigenvalue weighted by molar-refractivity contribution is 0.173. The number of nitrogens with one attached hydrogen (secondary N) is 1. The van der Waals surface area contributed by atoms with Crippen LogP contribution in [-0.4, -0.2) is 29.2 Å². The smallest absolute Gasteiger partial charge is 0.318 e.